The summed E-state index contributed by atoms with van der Waals surface area (Å²) in [6.45, 7) is 2.58. The number of halogens is 2. The van der Waals surface area contributed by atoms with Crippen molar-refractivity contribution in [3.63, 3.8) is 0 Å². The largest absolute Gasteiger partial charge is 0.496 e. The fourth-order valence-corrected chi connectivity index (χ4v) is 1.97. The first-order valence-electron chi connectivity index (χ1n) is 5.92. The van der Waals surface area contributed by atoms with Crippen molar-refractivity contribution in [1.29, 1.82) is 0 Å². The summed E-state index contributed by atoms with van der Waals surface area (Å²) < 4.78 is 18.6. The number of hydrogen-bond acceptors (Lipinski definition) is 2. The molecule has 2 rings (SSSR count). The average Bonchev–Trinajstić information content (AvgIpc) is 2.40. The molecule has 0 atom stereocenters. The lowest BCUT2D eigenvalue weighted by Gasteiger charge is -2.11. The molecule has 0 aliphatic heterocycles. The number of ether oxygens (including phenoxy) is 1. The second-order valence-corrected chi connectivity index (χ2v) is 4.70. The fraction of sp³-hybridized carbons (Fsp3) is 0.200. The molecule has 0 radical (unpaired) electrons. The third-order valence-electron chi connectivity index (χ3n) is 2.84. The van der Waals surface area contributed by atoms with E-state index < -0.39 is 5.82 Å². The molecule has 2 aromatic carbocycles. The molecule has 4 heteroatoms. The Morgan fingerprint density at radius 1 is 1.21 bits per heavy atom. The zero-order valence-corrected chi connectivity index (χ0v) is 11.6. The lowest BCUT2D eigenvalue weighted by molar-refractivity contribution is 0.410. The van der Waals surface area contributed by atoms with Crippen LogP contribution in [0.5, 0.6) is 5.75 Å². The molecule has 0 fully saturated rings. The third-order valence-corrected chi connectivity index (χ3v) is 3.14. The number of benzene rings is 2. The number of aryl methyl sites for hydroxylation is 1. The Bertz CT molecular complexity index is 586. The van der Waals surface area contributed by atoms with E-state index in [1.165, 1.54) is 12.1 Å². The highest BCUT2D eigenvalue weighted by molar-refractivity contribution is 6.30. The van der Waals surface area contributed by atoms with Gasteiger partial charge in [0.1, 0.15) is 11.6 Å². The van der Waals surface area contributed by atoms with Crippen molar-refractivity contribution >= 4 is 17.3 Å². The summed E-state index contributed by atoms with van der Waals surface area (Å²) in [6, 6.07) is 10.6. The monoisotopic (exact) mass is 279 g/mol. The molecule has 2 aromatic rings. The van der Waals surface area contributed by atoms with E-state index in [0.717, 1.165) is 16.9 Å². The Labute approximate surface area is 117 Å². The Balaban J connectivity index is 2.13. The topological polar surface area (TPSA) is 21.3 Å². The maximum atomic E-state index is 13.3. The van der Waals surface area contributed by atoms with E-state index in [2.05, 4.69) is 5.32 Å². The van der Waals surface area contributed by atoms with E-state index in [9.17, 15) is 4.39 Å². The van der Waals surface area contributed by atoms with Crippen LogP contribution in [0, 0.1) is 12.7 Å². The summed E-state index contributed by atoms with van der Waals surface area (Å²) in [5.74, 6) is 0.385. The molecule has 2 nitrogen and oxygen atoms in total. The molecule has 0 saturated carbocycles. The molecule has 0 heterocycles. The van der Waals surface area contributed by atoms with E-state index in [1.807, 2.05) is 25.1 Å². The Morgan fingerprint density at radius 2 is 2.00 bits per heavy atom. The lowest BCUT2D eigenvalue weighted by Crippen LogP contribution is -2.02. The van der Waals surface area contributed by atoms with E-state index in [0.29, 0.717) is 12.2 Å². The number of hydrogen-bond donors (Lipinski definition) is 1. The molecule has 0 unspecified atom stereocenters. The first kappa shape index (κ1) is 13.7. The zero-order chi connectivity index (χ0) is 13.8. The summed E-state index contributed by atoms with van der Waals surface area (Å²) >= 11 is 5.64. The van der Waals surface area contributed by atoms with Gasteiger partial charge in [-0.15, -0.1) is 0 Å². The minimum atomic E-state index is -0.428. The highest BCUT2D eigenvalue weighted by Gasteiger charge is 2.04. The van der Waals surface area contributed by atoms with E-state index >= 15 is 0 Å². The maximum Gasteiger partial charge on any atom is 0.143 e. The summed E-state index contributed by atoms with van der Waals surface area (Å²) in [7, 11) is 1.64. The van der Waals surface area contributed by atoms with Gasteiger partial charge in [0, 0.05) is 17.8 Å². The van der Waals surface area contributed by atoms with Gasteiger partial charge in [-0.05, 0) is 31.2 Å². The van der Waals surface area contributed by atoms with Crippen molar-refractivity contribution in [1.82, 2.24) is 0 Å². The molecule has 0 amide bonds. The van der Waals surface area contributed by atoms with Crippen LogP contribution in [0.25, 0.3) is 0 Å². The molecule has 0 bridgehead atoms. The number of methoxy groups -OCH3 is 1. The number of anilines is 1. The summed E-state index contributed by atoms with van der Waals surface area (Å²) in [6.07, 6.45) is 0. The molecule has 0 aromatic heterocycles. The molecule has 0 spiro atoms. The minimum absolute atomic E-state index is 0.124. The first-order chi connectivity index (χ1) is 9.10. The normalized spacial score (nSPS) is 10.3. The molecular formula is C15H15ClFNO. The third kappa shape index (κ3) is 3.38. The van der Waals surface area contributed by atoms with Crippen molar-refractivity contribution < 1.29 is 9.13 Å². The van der Waals surface area contributed by atoms with Gasteiger partial charge in [0.15, 0.2) is 0 Å². The highest BCUT2D eigenvalue weighted by Crippen LogP contribution is 2.23. The SMILES string of the molecule is COc1ccc(C)cc1CNc1ccc(Cl)c(F)c1. The van der Waals surface area contributed by atoms with Crippen LogP contribution in [0.2, 0.25) is 5.02 Å². The maximum absolute atomic E-state index is 13.3. The van der Waals surface area contributed by atoms with E-state index in [4.69, 9.17) is 16.3 Å². The van der Waals surface area contributed by atoms with Crippen LogP contribution in [0.3, 0.4) is 0 Å². The van der Waals surface area contributed by atoms with Crippen LogP contribution >= 0.6 is 11.6 Å². The van der Waals surface area contributed by atoms with Gasteiger partial charge in [-0.1, -0.05) is 29.3 Å². The van der Waals surface area contributed by atoms with E-state index in [1.54, 1.807) is 13.2 Å². The smallest absolute Gasteiger partial charge is 0.143 e. The van der Waals surface area contributed by atoms with Crippen molar-refractivity contribution in [2.45, 2.75) is 13.5 Å². The van der Waals surface area contributed by atoms with Crippen LogP contribution in [-0.2, 0) is 6.54 Å². The fourth-order valence-electron chi connectivity index (χ4n) is 1.85. The van der Waals surface area contributed by atoms with Gasteiger partial charge >= 0.3 is 0 Å². The molecular weight excluding hydrogens is 265 g/mol. The summed E-state index contributed by atoms with van der Waals surface area (Å²) in [5, 5.41) is 3.28. The van der Waals surface area contributed by atoms with Crippen molar-refractivity contribution in [3.05, 3.63) is 58.4 Å². The van der Waals surface area contributed by atoms with Gasteiger partial charge in [0.05, 0.1) is 12.1 Å². The lowest BCUT2D eigenvalue weighted by atomic mass is 10.1. The zero-order valence-electron chi connectivity index (χ0n) is 10.8. The van der Waals surface area contributed by atoms with Crippen LogP contribution in [-0.4, -0.2) is 7.11 Å². The van der Waals surface area contributed by atoms with Gasteiger partial charge in [0.25, 0.3) is 0 Å². The molecule has 1 N–H and O–H groups in total. The van der Waals surface area contributed by atoms with Crippen LogP contribution < -0.4 is 10.1 Å². The Hall–Kier alpha value is -1.74. The average molecular weight is 280 g/mol. The standard InChI is InChI=1S/C15H15ClFNO/c1-10-3-6-15(19-2)11(7-10)9-18-12-4-5-13(16)14(17)8-12/h3-8,18H,9H2,1-2H3. The van der Waals surface area contributed by atoms with Crippen LogP contribution in [0.15, 0.2) is 36.4 Å². The van der Waals surface area contributed by atoms with Crippen molar-refractivity contribution in [2.24, 2.45) is 0 Å². The Morgan fingerprint density at radius 3 is 2.68 bits per heavy atom. The highest BCUT2D eigenvalue weighted by atomic mass is 35.5. The van der Waals surface area contributed by atoms with Gasteiger partial charge in [-0.3, -0.25) is 0 Å². The van der Waals surface area contributed by atoms with Crippen molar-refractivity contribution in [2.75, 3.05) is 12.4 Å². The molecule has 0 aliphatic carbocycles. The van der Waals surface area contributed by atoms with Crippen LogP contribution in [0.1, 0.15) is 11.1 Å². The summed E-state index contributed by atoms with van der Waals surface area (Å²) in [5.41, 5.74) is 2.86. The predicted octanol–water partition coefficient (Wildman–Crippen LogP) is 4.41. The number of nitrogens with one attached hydrogen (secondary N) is 1. The van der Waals surface area contributed by atoms with Crippen molar-refractivity contribution in [3.8, 4) is 5.75 Å². The second-order valence-electron chi connectivity index (χ2n) is 4.30. The first-order valence-corrected chi connectivity index (χ1v) is 6.30. The van der Waals surface area contributed by atoms with Gasteiger partial charge in [-0.25, -0.2) is 4.39 Å². The molecule has 0 aliphatic rings. The van der Waals surface area contributed by atoms with E-state index in [-0.39, 0.29) is 5.02 Å². The van der Waals surface area contributed by atoms with Crippen LogP contribution in [0.4, 0.5) is 10.1 Å². The minimum Gasteiger partial charge on any atom is -0.496 e. The Kier molecular flexibility index (Phi) is 4.27. The quantitative estimate of drug-likeness (QED) is 0.895. The van der Waals surface area contributed by atoms with Gasteiger partial charge < -0.3 is 10.1 Å². The van der Waals surface area contributed by atoms with Gasteiger partial charge in [-0.2, -0.15) is 0 Å². The number of rotatable bonds is 4. The molecule has 100 valence electrons. The predicted molar refractivity (Wildman–Crippen MR) is 76.5 cm³/mol. The summed E-state index contributed by atoms with van der Waals surface area (Å²) in [4.78, 5) is 0. The van der Waals surface area contributed by atoms with Gasteiger partial charge in [0.2, 0.25) is 0 Å². The molecule has 19 heavy (non-hydrogen) atoms. The second kappa shape index (κ2) is 5.93. The molecule has 0 saturated heterocycles.